The van der Waals surface area contributed by atoms with Gasteiger partial charge in [-0.15, -0.1) is 12.4 Å². The molecule has 1 amide bonds. The lowest BCUT2D eigenvalue weighted by atomic mass is 9.88. The molecular weight excluding hydrogens is 296 g/mol. The Balaban J connectivity index is 0.00000176. The van der Waals surface area contributed by atoms with E-state index in [1.807, 2.05) is 4.90 Å². The normalized spacial score (nSPS) is 21.4. The van der Waals surface area contributed by atoms with Gasteiger partial charge in [-0.1, -0.05) is 43.2 Å². The Bertz CT molecular complexity index is 477. The average Bonchev–Trinajstić information content (AvgIpc) is 2.96. The first kappa shape index (κ1) is 17.3. The summed E-state index contributed by atoms with van der Waals surface area (Å²) in [7, 11) is 0. The van der Waals surface area contributed by atoms with Crippen molar-refractivity contribution in [2.75, 3.05) is 13.1 Å². The van der Waals surface area contributed by atoms with Crippen molar-refractivity contribution < 1.29 is 4.79 Å². The number of nitrogens with two attached hydrogens (primary N) is 1. The second-order valence-electron chi connectivity index (χ2n) is 6.79. The molecule has 3 rings (SSSR count). The molecule has 0 atom stereocenters. The van der Waals surface area contributed by atoms with Crippen LogP contribution < -0.4 is 5.73 Å². The molecule has 0 spiro atoms. The highest BCUT2D eigenvalue weighted by atomic mass is 35.5. The van der Waals surface area contributed by atoms with Crippen molar-refractivity contribution in [2.45, 2.75) is 50.5 Å². The largest absolute Gasteiger partial charge is 0.341 e. The second-order valence-corrected chi connectivity index (χ2v) is 6.79. The third kappa shape index (κ3) is 3.82. The van der Waals surface area contributed by atoms with Gasteiger partial charge < -0.3 is 10.6 Å². The first-order valence-electron chi connectivity index (χ1n) is 8.29. The van der Waals surface area contributed by atoms with Gasteiger partial charge in [0.2, 0.25) is 5.91 Å². The van der Waals surface area contributed by atoms with Crippen LogP contribution in [0.2, 0.25) is 0 Å². The van der Waals surface area contributed by atoms with Crippen LogP contribution >= 0.6 is 12.4 Å². The topological polar surface area (TPSA) is 46.3 Å². The molecule has 0 unspecified atom stereocenters. The first-order valence-corrected chi connectivity index (χ1v) is 8.29. The summed E-state index contributed by atoms with van der Waals surface area (Å²) in [4.78, 5) is 14.6. The van der Waals surface area contributed by atoms with Crippen molar-refractivity contribution in [3.63, 3.8) is 0 Å². The zero-order valence-corrected chi connectivity index (χ0v) is 14.0. The molecule has 1 aliphatic heterocycles. The molecule has 4 heteroatoms. The minimum absolute atomic E-state index is 0. The summed E-state index contributed by atoms with van der Waals surface area (Å²) in [6, 6.07) is 10.7. The molecule has 1 heterocycles. The van der Waals surface area contributed by atoms with Crippen LogP contribution in [0.25, 0.3) is 0 Å². The monoisotopic (exact) mass is 322 g/mol. The van der Waals surface area contributed by atoms with Crippen molar-refractivity contribution in [2.24, 2.45) is 11.7 Å². The third-order valence-electron chi connectivity index (χ3n) is 5.19. The van der Waals surface area contributed by atoms with E-state index in [0.717, 1.165) is 58.0 Å². The average molecular weight is 323 g/mol. The first-order chi connectivity index (χ1) is 10.2. The Labute approximate surface area is 139 Å². The van der Waals surface area contributed by atoms with E-state index in [1.165, 1.54) is 5.56 Å². The van der Waals surface area contributed by atoms with Crippen LogP contribution in [0.15, 0.2) is 30.3 Å². The number of piperidine rings is 1. The molecule has 1 saturated carbocycles. The van der Waals surface area contributed by atoms with Crippen LogP contribution in [0, 0.1) is 5.92 Å². The fourth-order valence-electron chi connectivity index (χ4n) is 3.82. The van der Waals surface area contributed by atoms with Gasteiger partial charge >= 0.3 is 0 Å². The highest BCUT2D eigenvalue weighted by Gasteiger charge is 2.40. The molecule has 1 aromatic carbocycles. The highest BCUT2D eigenvalue weighted by Crippen LogP contribution is 2.31. The Kier molecular flexibility index (Phi) is 5.87. The fourth-order valence-corrected chi connectivity index (χ4v) is 3.82. The van der Waals surface area contributed by atoms with Gasteiger partial charge in [0.25, 0.3) is 0 Å². The van der Waals surface area contributed by atoms with Crippen molar-refractivity contribution >= 4 is 18.3 Å². The molecule has 22 heavy (non-hydrogen) atoms. The smallest absolute Gasteiger partial charge is 0.242 e. The second kappa shape index (κ2) is 7.47. The fraction of sp³-hybridized carbons (Fsp3) is 0.611. The standard InChI is InChI=1S/C18H26N2O.ClH/c19-18(10-4-5-11-18)17(21)20-12-8-16(9-13-20)14-15-6-2-1-3-7-15;/h1-3,6-7,16H,4-5,8-14,19H2;1H. The van der Waals surface area contributed by atoms with E-state index in [9.17, 15) is 4.79 Å². The minimum atomic E-state index is -0.549. The van der Waals surface area contributed by atoms with E-state index >= 15 is 0 Å². The molecule has 1 aromatic rings. The maximum Gasteiger partial charge on any atom is 0.242 e. The summed E-state index contributed by atoms with van der Waals surface area (Å²) in [5.74, 6) is 0.909. The van der Waals surface area contributed by atoms with Gasteiger partial charge in [0, 0.05) is 13.1 Å². The van der Waals surface area contributed by atoms with Crippen LogP contribution in [0.1, 0.15) is 44.1 Å². The van der Waals surface area contributed by atoms with Gasteiger partial charge in [0.05, 0.1) is 5.54 Å². The molecule has 2 fully saturated rings. The Hall–Kier alpha value is -1.06. The molecule has 3 nitrogen and oxygen atoms in total. The minimum Gasteiger partial charge on any atom is -0.341 e. The number of hydrogen-bond acceptors (Lipinski definition) is 2. The zero-order valence-electron chi connectivity index (χ0n) is 13.2. The van der Waals surface area contributed by atoms with E-state index in [-0.39, 0.29) is 18.3 Å². The Morgan fingerprint density at radius 2 is 1.73 bits per heavy atom. The van der Waals surface area contributed by atoms with Gasteiger partial charge in [-0.3, -0.25) is 4.79 Å². The molecule has 0 aromatic heterocycles. The number of carbonyl (C=O) groups excluding carboxylic acids is 1. The Morgan fingerprint density at radius 3 is 2.32 bits per heavy atom. The lowest BCUT2D eigenvalue weighted by molar-refractivity contribution is -0.138. The number of likely N-dealkylation sites (tertiary alicyclic amines) is 1. The number of amides is 1. The lowest BCUT2D eigenvalue weighted by Gasteiger charge is -2.36. The van der Waals surface area contributed by atoms with E-state index < -0.39 is 5.54 Å². The van der Waals surface area contributed by atoms with Gasteiger partial charge in [-0.25, -0.2) is 0 Å². The molecule has 0 radical (unpaired) electrons. The van der Waals surface area contributed by atoms with Crippen LogP contribution in [0.5, 0.6) is 0 Å². The van der Waals surface area contributed by atoms with Gasteiger partial charge in [-0.2, -0.15) is 0 Å². The molecule has 2 aliphatic rings. The van der Waals surface area contributed by atoms with Crippen molar-refractivity contribution in [1.82, 2.24) is 4.90 Å². The molecule has 2 N–H and O–H groups in total. The summed E-state index contributed by atoms with van der Waals surface area (Å²) >= 11 is 0. The quantitative estimate of drug-likeness (QED) is 0.929. The van der Waals surface area contributed by atoms with Gasteiger partial charge in [0.15, 0.2) is 0 Å². The summed E-state index contributed by atoms with van der Waals surface area (Å²) in [6.07, 6.45) is 7.30. The van der Waals surface area contributed by atoms with Crippen LogP contribution in [-0.2, 0) is 11.2 Å². The number of carbonyl (C=O) groups is 1. The lowest BCUT2D eigenvalue weighted by Crippen LogP contribution is -2.55. The maximum atomic E-state index is 12.6. The zero-order chi connectivity index (χ0) is 14.7. The van der Waals surface area contributed by atoms with E-state index in [2.05, 4.69) is 30.3 Å². The molecule has 122 valence electrons. The number of halogens is 1. The predicted molar refractivity (Wildman–Crippen MR) is 92.1 cm³/mol. The maximum absolute atomic E-state index is 12.6. The number of rotatable bonds is 3. The molecule has 1 saturated heterocycles. The third-order valence-corrected chi connectivity index (χ3v) is 5.19. The molecule has 1 aliphatic carbocycles. The Morgan fingerprint density at radius 1 is 1.14 bits per heavy atom. The van der Waals surface area contributed by atoms with E-state index in [1.54, 1.807) is 0 Å². The van der Waals surface area contributed by atoms with Crippen LogP contribution in [0.3, 0.4) is 0 Å². The van der Waals surface area contributed by atoms with E-state index in [0.29, 0.717) is 5.92 Å². The van der Waals surface area contributed by atoms with Crippen LogP contribution in [-0.4, -0.2) is 29.4 Å². The molecule has 0 bridgehead atoms. The SMILES string of the molecule is Cl.NC1(C(=O)N2CCC(Cc3ccccc3)CC2)CCCC1. The van der Waals surface area contributed by atoms with Crippen molar-refractivity contribution in [1.29, 1.82) is 0 Å². The van der Waals surface area contributed by atoms with Gasteiger partial charge in [0.1, 0.15) is 0 Å². The number of nitrogens with zero attached hydrogens (tertiary/aromatic N) is 1. The predicted octanol–water partition coefficient (Wildman–Crippen LogP) is 3.16. The van der Waals surface area contributed by atoms with Gasteiger partial charge in [-0.05, 0) is 43.6 Å². The summed E-state index contributed by atoms with van der Waals surface area (Å²) < 4.78 is 0. The summed E-state index contributed by atoms with van der Waals surface area (Å²) in [5.41, 5.74) is 7.16. The summed E-state index contributed by atoms with van der Waals surface area (Å²) in [5, 5.41) is 0. The number of benzene rings is 1. The van der Waals surface area contributed by atoms with Crippen LogP contribution in [0.4, 0.5) is 0 Å². The van der Waals surface area contributed by atoms with Crippen molar-refractivity contribution in [3.05, 3.63) is 35.9 Å². The van der Waals surface area contributed by atoms with Crippen molar-refractivity contribution in [3.8, 4) is 0 Å². The van der Waals surface area contributed by atoms with E-state index in [4.69, 9.17) is 5.73 Å². The number of hydrogen-bond donors (Lipinski definition) is 1. The molecular formula is C18H27ClN2O. The highest BCUT2D eigenvalue weighted by molar-refractivity contribution is 5.86. The summed E-state index contributed by atoms with van der Waals surface area (Å²) in [6.45, 7) is 1.77.